The minimum absolute atomic E-state index is 0. The van der Waals surface area contributed by atoms with Gasteiger partial charge in [0, 0.05) is 18.9 Å². The van der Waals surface area contributed by atoms with E-state index < -0.39 is 6.43 Å². The van der Waals surface area contributed by atoms with E-state index in [-0.39, 0.29) is 18.9 Å². The van der Waals surface area contributed by atoms with Gasteiger partial charge in [0.05, 0.1) is 0 Å². The van der Waals surface area contributed by atoms with E-state index in [1.165, 1.54) is 0 Å². The maximum Gasteiger partial charge on any atom is 0.559 e. The van der Waals surface area contributed by atoms with Gasteiger partial charge >= 0.3 is 6.43 Å². The van der Waals surface area contributed by atoms with Crippen LogP contribution in [0.2, 0.25) is 0 Å². The smallest absolute Gasteiger partial charge is 0.140 e. The van der Waals surface area contributed by atoms with Gasteiger partial charge in [-0.1, -0.05) is 0 Å². The van der Waals surface area contributed by atoms with Crippen LogP contribution in [-0.4, -0.2) is 25.3 Å². The van der Waals surface area contributed by atoms with Crippen molar-refractivity contribution in [1.29, 1.82) is 0 Å². The van der Waals surface area contributed by atoms with Gasteiger partial charge in [0.2, 0.25) is 0 Å². The molecule has 0 aromatic carbocycles. The molecule has 0 aliphatic rings. The summed E-state index contributed by atoms with van der Waals surface area (Å²) in [6.07, 6.45) is -5.50. The molecule has 33 valence electrons. The predicted molar refractivity (Wildman–Crippen MR) is 12.9 cm³/mol. The normalized spacial score (nSPS) is 10.0. The van der Waals surface area contributed by atoms with Crippen LogP contribution in [0.4, 0.5) is 17.6 Å². The minimum Gasteiger partial charge on any atom is -0.140 e. The summed E-state index contributed by atoms with van der Waals surface area (Å²) >= 11 is 0. The third-order valence-electron chi connectivity index (χ3n) is 0. The maximum absolute atomic E-state index is 9.69. The maximum atomic E-state index is 9.69. The summed E-state index contributed by atoms with van der Waals surface area (Å²) in [5.41, 5.74) is 0. The monoisotopic (exact) mass is 95.0 g/mol. The summed E-state index contributed by atoms with van der Waals surface area (Å²) in [5.74, 6) is 0. The fraction of sp³-hybridized carbons (Fsp3) is 1.00. The molecule has 0 rings (SSSR count). The standard InChI is InChI=1S/CF4.Li/c2-1(3,4)5;. The Labute approximate surface area is 43.7 Å². The van der Waals surface area contributed by atoms with Crippen molar-refractivity contribution >= 4 is 18.9 Å². The number of hydrogen-bond donors (Lipinski definition) is 0. The molecule has 0 bridgehead atoms. The molecule has 0 nitrogen and oxygen atoms in total. The predicted octanol–water partition coefficient (Wildman–Crippen LogP) is 1.09. The summed E-state index contributed by atoms with van der Waals surface area (Å²) < 4.78 is 38.8. The van der Waals surface area contributed by atoms with Gasteiger partial charge in [-0.25, -0.2) is 0 Å². The first-order valence-corrected chi connectivity index (χ1v) is 0.756. The molecule has 0 aromatic heterocycles. The van der Waals surface area contributed by atoms with E-state index >= 15 is 0 Å². The average molecular weight is 94.9 g/mol. The number of hydrogen-bond acceptors (Lipinski definition) is 0. The van der Waals surface area contributed by atoms with Gasteiger partial charge in [0.15, 0.2) is 0 Å². The van der Waals surface area contributed by atoms with Gasteiger partial charge in [-0.2, -0.15) is 0 Å². The molecule has 0 saturated heterocycles. The number of alkyl halides is 4. The largest absolute Gasteiger partial charge is 0.559 e. The van der Waals surface area contributed by atoms with Crippen LogP contribution < -0.4 is 0 Å². The molecule has 0 heterocycles. The van der Waals surface area contributed by atoms with Gasteiger partial charge in [-0.3, -0.25) is 0 Å². The van der Waals surface area contributed by atoms with Crippen LogP contribution in [0.5, 0.6) is 0 Å². The molecule has 0 aromatic rings. The summed E-state index contributed by atoms with van der Waals surface area (Å²) in [6, 6.07) is 0. The van der Waals surface area contributed by atoms with Crippen LogP contribution in [0.1, 0.15) is 0 Å². The molecule has 0 spiro atoms. The molecule has 6 heavy (non-hydrogen) atoms. The molecule has 0 N–H and O–H groups in total. The first kappa shape index (κ1) is 9.58. The zero-order valence-corrected chi connectivity index (χ0v) is 3.01. The van der Waals surface area contributed by atoms with Crippen LogP contribution in [0.25, 0.3) is 0 Å². The molecule has 0 aliphatic heterocycles. The Morgan fingerprint density at radius 1 is 0.833 bits per heavy atom. The van der Waals surface area contributed by atoms with Crippen LogP contribution in [0, 0.1) is 0 Å². The fourth-order valence-corrected chi connectivity index (χ4v) is 0. The Bertz CT molecular complexity index is 23.0. The van der Waals surface area contributed by atoms with Gasteiger partial charge in [0.1, 0.15) is 0 Å². The van der Waals surface area contributed by atoms with Crippen LogP contribution in [0.3, 0.4) is 0 Å². The summed E-state index contributed by atoms with van der Waals surface area (Å²) in [7, 11) is 0. The van der Waals surface area contributed by atoms with E-state index in [9.17, 15) is 17.6 Å². The van der Waals surface area contributed by atoms with E-state index in [1.54, 1.807) is 0 Å². The van der Waals surface area contributed by atoms with Crippen molar-refractivity contribution in [1.82, 2.24) is 0 Å². The van der Waals surface area contributed by atoms with Crippen LogP contribution in [0.15, 0.2) is 0 Å². The quantitative estimate of drug-likeness (QED) is 0.312. The van der Waals surface area contributed by atoms with E-state index in [1.807, 2.05) is 0 Å². The van der Waals surface area contributed by atoms with Gasteiger partial charge in [-0.15, -0.1) is 17.6 Å². The van der Waals surface area contributed by atoms with Crippen LogP contribution in [-0.2, 0) is 0 Å². The third kappa shape index (κ3) is 472. The first-order chi connectivity index (χ1) is 2.00. The Morgan fingerprint density at radius 3 is 0.833 bits per heavy atom. The van der Waals surface area contributed by atoms with E-state index in [0.29, 0.717) is 0 Å². The van der Waals surface area contributed by atoms with E-state index in [4.69, 9.17) is 0 Å². The third-order valence-corrected chi connectivity index (χ3v) is 0. The van der Waals surface area contributed by atoms with Crippen LogP contribution >= 0.6 is 0 Å². The van der Waals surface area contributed by atoms with Gasteiger partial charge in [0.25, 0.3) is 0 Å². The van der Waals surface area contributed by atoms with Gasteiger partial charge < -0.3 is 0 Å². The first-order valence-electron chi connectivity index (χ1n) is 0.756. The summed E-state index contributed by atoms with van der Waals surface area (Å²) in [5, 5.41) is 0. The molecular formula is CF4Li. The van der Waals surface area contributed by atoms with Crippen molar-refractivity contribution in [2.24, 2.45) is 0 Å². The molecule has 0 atom stereocenters. The molecule has 0 unspecified atom stereocenters. The average Bonchev–Trinajstić information content (AvgIpc) is 0.722. The zero-order valence-electron chi connectivity index (χ0n) is 3.01. The molecule has 0 aliphatic carbocycles. The van der Waals surface area contributed by atoms with Crippen molar-refractivity contribution < 1.29 is 17.6 Å². The number of halogens is 4. The van der Waals surface area contributed by atoms with Crippen molar-refractivity contribution in [3.63, 3.8) is 0 Å². The van der Waals surface area contributed by atoms with E-state index in [2.05, 4.69) is 0 Å². The Kier molecular flexibility index (Phi) is 3.97. The molecule has 0 amide bonds. The molecular weight excluding hydrogens is 94.9 g/mol. The van der Waals surface area contributed by atoms with Crippen molar-refractivity contribution in [3.8, 4) is 0 Å². The molecule has 0 saturated carbocycles. The number of rotatable bonds is 0. The topological polar surface area (TPSA) is 0 Å². The van der Waals surface area contributed by atoms with Gasteiger partial charge in [-0.05, 0) is 0 Å². The minimum atomic E-state index is -5.50. The molecule has 1 radical (unpaired) electrons. The second kappa shape index (κ2) is 2.48. The van der Waals surface area contributed by atoms with Crippen molar-refractivity contribution in [2.75, 3.05) is 0 Å². The zero-order chi connectivity index (χ0) is 4.50. The van der Waals surface area contributed by atoms with E-state index in [0.717, 1.165) is 0 Å². The summed E-state index contributed by atoms with van der Waals surface area (Å²) in [6.45, 7) is 0. The Hall–Kier alpha value is 0.317. The molecule has 5 heteroatoms. The fourth-order valence-electron chi connectivity index (χ4n) is 0. The summed E-state index contributed by atoms with van der Waals surface area (Å²) in [4.78, 5) is 0. The second-order valence-electron chi connectivity index (χ2n) is 0.429. The van der Waals surface area contributed by atoms with Crippen molar-refractivity contribution in [3.05, 3.63) is 0 Å². The Balaban J connectivity index is 0. The Morgan fingerprint density at radius 2 is 0.833 bits per heavy atom. The SMILES string of the molecule is FC(F)(F)F.[Li]. The molecule has 0 fully saturated rings. The second-order valence-corrected chi connectivity index (χ2v) is 0.429. The van der Waals surface area contributed by atoms with Crippen molar-refractivity contribution in [2.45, 2.75) is 6.43 Å².